The van der Waals surface area contributed by atoms with Crippen LogP contribution < -0.4 is 5.32 Å². The fraction of sp³-hybridized carbons (Fsp3) is 0.364. The minimum atomic E-state index is 0.408. The third-order valence-corrected chi connectivity index (χ3v) is 4.86. The monoisotopic (exact) mass is 319 g/mol. The third kappa shape index (κ3) is 4.53. The Morgan fingerprint density at radius 1 is 1.08 bits per heavy atom. The van der Waals surface area contributed by atoms with Crippen molar-refractivity contribution in [2.75, 3.05) is 0 Å². The van der Waals surface area contributed by atoms with Gasteiger partial charge in [0.1, 0.15) is 7.85 Å². The first-order valence-corrected chi connectivity index (χ1v) is 9.06. The lowest BCUT2D eigenvalue weighted by molar-refractivity contribution is 0.647. The second kappa shape index (κ2) is 8.23. The Morgan fingerprint density at radius 2 is 1.75 bits per heavy atom. The number of benzene rings is 2. The van der Waals surface area contributed by atoms with Gasteiger partial charge >= 0.3 is 0 Å². The summed E-state index contributed by atoms with van der Waals surface area (Å²) < 4.78 is 0. The van der Waals surface area contributed by atoms with Gasteiger partial charge in [-0.2, -0.15) is 0 Å². The molecule has 126 valence electrons. The molecule has 24 heavy (non-hydrogen) atoms. The lowest BCUT2D eigenvalue weighted by Gasteiger charge is -2.22. The molecule has 1 unspecified atom stereocenters. The molecular weight excluding hydrogens is 289 g/mol. The fourth-order valence-electron chi connectivity index (χ4n) is 3.23. The van der Waals surface area contributed by atoms with Gasteiger partial charge in [0, 0.05) is 17.3 Å². The SMILES string of the molecule is BCC(Cc1ccc(C)cc1)NC(=C)c1cc(CC)c(C)cc1C. The fourth-order valence-corrected chi connectivity index (χ4v) is 3.23. The highest BCUT2D eigenvalue weighted by Gasteiger charge is 2.12. The maximum atomic E-state index is 4.32. The Morgan fingerprint density at radius 3 is 2.33 bits per heavy atom. The molecule has 0 fully saturated rings. The Balaban J connectivity index is 2.13. The van der Waals surface area contributed by atoms with Gasteiger partial charge in [-0.25, -0.2) is 0 Å². The van der Waals surface area contributed by atoms with Gasteiger partial charge < -0.3 is 5.32 Å². The van der Waals surface area contributed by atoms with E-state index in [0.717, 1.165) is 24.9 Å². The summed E-state index contributed by atoms with van der Waals surface area (Å²) in [4.78, 5) is 0. The summed E-state index contributed by atoms with van der Waals surface area (Å²) in [5.74, 6) is 0. The molecule has 0 saturated carbocycles. The molecule has 1 atom stereocenters. The molecule has 2 rings (SSSR count). The number of aryl methyl sites for hydroxylation is 4. The van der Waals surface area contributed by atoms with Crippen molar-refractivity contribution in [2.24, 2.45) is 0 Å². The van der Waals surface area contributed by atoms with Crippen LogP contribution in [0.3, 0.4) is 0 Å². The molecular formula is C22H30BN. The molecule has 0 aliphatic heterocycles. The van der Waals surface area contributed by atoms with E-state index in [9.17, 15) is 0 Å². The van der Waals surface area contributed by atoms with Crippen LogP contribution in [0.1, 0.15) is 40.3 Å². The largest absolute Gasteiger partial charge is 0.383 e. The topological polar surface area (TPSA) is 12.0 Å². The van der Waals surface area contributed by atoms with E-state index in [1.165, 1.54) is 33.4 Å². The highest BCUT2D eigenvalue weighted by molar-refractivity contribution is 6.09. The second-order valence-corrected chi connectivity index (χ2v) is 6.86. The molecule has 1 nitrogen and oxygen atoms in total. The van der Waals surface area contributed by atoms with Crippen LogP contribution in [0, 0.1) is 20.8 Å². The zero-order valence-corrected chi connectivity index (χ0v) is 15.9. The highest BCUT2D eigenvalue weighted by atomic mass is 14.9. The quantitative estimate of drug-likeness (QED) is 0.746. The summed E-state index contributed by atoms with van der Waals surface area (Å²) in [6.07, 6.45) is 3.17. The molecule has 0 aliphatic carbocycles. The van der Waals surface area contributed by atoms with Crippen molar-refractivity contribution < 1.29 is 0 Å². The Labute approximate surface area is 148 Å². The van der Waals surface area contributed by atoms with Crippen LogP contribution in [-0.2, 0) is 12.8 Å². The van der Waals surface area contributed by atoms with Gasteiger partial charge in [-0.3, -0.25) is 0 Å². The van der Waals surface area contributed by atoms with E-state index < -0.39 is 0 Å². The smallest absolute Gasteiger partial charge is 0.104 e. The summed E-state index contributed by atoms with van der Waals surface area (Å²) in [5, 5.41) is 3.66. The van der Waals surface area contributed by atoms with Gasteiger partial charge in [0.25, 0.3) is 0 Å². The van der Waals surface area contributed by atoms with Crippen molar-refractivity contribution in [2.45, 2.75) is 52.9 Å². The molecule has 2 heteroatoms. The molecule has 0 spiro atoms. The van der Waals surface area contributed by atoms with E-state index in [0.29, 0.717) is 6.04 Å². The van der Waals surface area contributed by atoms with Crippen molar-refractivity contribution in [3.8, 4) is 0 Å². The van der Waals surface area contributed by atoms with Crippen LogP contribution in [0.15, 0.2) is 43.0 Å². The zero-order chi connectivity index (χ0) is 17.7. The number of nitrogens with one attached hydrogen (secondary N) is 1. The maximum absolute atomic E-state index is 4.32. The Bertz CT molecular complexity index is 701. The van der Waals surface area contributed by atoms with E-state index >= 15 is 0 Å². The second-order valence-electron chi connectivity index (χ2n) is 6.86. The first kappa shape index (κ1) is 18.4. The molecule has 2 aromatic rings. The first-order chi connectivity index (χ1) is 11.4. The van der Waals surface area contributed by atoms with Gasteiger partial charge in [0.05, 0.1) is 0 Å². The highest BCUT2D eigenvalue weighted by Crippen LogP contribution is 2.22. The number of rotatable bonds is 7. The Hall–Kier alpha value is -1.96. The molecule has 2 aromatic carbocycles. The molecule has 0 bridgehead atoms. The standard InChI is InChI=1S/C22H30BN/c1-6-20-13-22(17(4)11-16(20)3)18(5)24-21(14-23)12-19-9-7-15(2)8-10-19/h7-11,13,21,24H,5-6,12,14,23H2,1-4H3. The first-order valence-electron chi connectivity index (χ1n) is 9.06. The van der Waals surface area contributed by atoms with Crippen molar-refractivity contribution >= 4 is 13.5 Å². The minimum absolute atomic E-state index is 0.408. The number of hydrogen-bond donors (Lipinski definition) is 1. The predicted molar refractivity (Wildman–Crippen MR) is 109 cm³/mol. The van der Waals surface area contributed by atoms with Crippen molar-refractivity contribution in [1.29, 1.82) is 0 Å². The van der Waals surface area contributed by atoms with E-state index in [-0.39, 0.29) is 0 Å². The molecule has 0 saturated heterocycles. The molecule has 0 aromatic heterocycles. The van der Waals surface area contributed by atoms with E-state index in [1.807, 2.05) is 0 Å². The number of hydrogen-bond acceptors (Lipinski definition) is 1. The van der Waals surface area contributed by atoms with Crippen LogP contribution >= 0.6 is 0 Å². The summed E-state index contributed by atoms with van der Waals surface area (Å²) >= 11 is 0. The van der Waals surface area contributed by atoms with Crippen molar-refractivity contribution in [3.63, 3.8) is 0 Å². The zero-order valence-electron chi connectivity index (χ0n) is 15.9. The normalized spacial score (nSPS) is 12.0. The molecule has 0 amide bonds. The van der Waals surface area contributed by atoms with Crippen LogP contribution in [-0.4, -0.2) is 13.9 Å². The third-order valence-electron chi connectivity index (χ3n) is 4.86. The Kier molecular flexibility index (Phi) is 6.31. The van der Waals surface area contributed by atoms with Gasteiger partial charge in [-0.15, -0.1) is 0 Å². The average Bonchev–Trinajstić information content (AvgIpc) is 2.56. The van der Waals surface area contributed by atoms with Gasteiger partial charge in [-0.1, -0.05) is 55.7 Å². The summed E-state index contributed by atoms with van der Waals surface area (Å²) in [6, 6.07) is 13.8. The summed E-state index contributed by atoms with van der Waals surface area (Å²) in [7, 11) is 2.23. The van der Waals surface area contributed by atoms with E-state index in [4.69, 9.17) is 0 Å². The lowest BCUT2D eigenvalue weighted by atomic mass is 9.91. The van der Waals surface area contributed by atoms with Crippen LogP contribution in [0.4, 0.5) is 0 Å². The lowest BCUT2D eigenvalue weighted by Crippen LogP contribution is -2.29. The minimum Gasteiger partial charge on any atom is -0.383 e. The molecule has 1 N–H and O–H groups in total. The van der Waals surface area contributed by atoms with Crippen LogP contribution in [0.2, 0.25) is 6.32 Å². The maximum Gasteiger partial charge on any atom is 0.104 e. The van der Waals surface area contributed by atoms with Gasteiger partial charge in [-0.05, 0) is 61.9 Å². The summed E-state index contributed by atoms with van der Waals surface area (Å²) in [5.41, 5.74) is 9.06. The predicted octanol–water partition coefficient (Wildman–Crippen LogP) is 4.40. The van der Waals surface area contributed by atoms with E-state index in [2.05, 4.69) is 83.8 Å². The summed E-state index contributed by atoms with van der Waals surface area (Å²) in [6.45, 7) is 13.0. The van der Waals surface area contributed by atoms with Gasteiger partial charge in [0.2, 0.25) is 0 Å². The van der Waals surface area contributed by atoms with Gasteiger partial charge in [0.15, 0.2) is 0 Å². The van der Waals surface area contributed by atoms with Crippen LogP contribution in [0.5, 0.6) is 0 Å². The van der Waals surface area contributed by atoms with E-state index in [1.54, 1.807) is 0 Å². The van der Waals surface area contributed by atoms with Crippen LogP contribution in [0.25, 0.3) is 5.70 Å². The van der Waals surface area contributed by atoms with Crippen molar-refractivity contribution in [1.82, 2.24) is 5.32 Å². The molecule has 0 radical (unpaired) electrons. The average molecular weight is 319 g/mol. The molecule has 0 heterocycles. The van der Waals surface area contributed by atoms with Crippen molar-refractivity contribution in [3.05, 3.63) is 76.4 Å². The molecule has 0 aliphatic rings.